The van der Waals surface area contributed by atoms with Crippen LogP contribution < -0.4 is 15.8 Å². The van der Waals surface area contributed by atoms with Gasteiger partial charge < -0.3 is 24.9 Å². The Morgan fingerprint density at radius 3 is 2.52 bits per heavy atom. The van der Waals surface area contributed by atoms with Crippen LogP contribution in [0.4, 0.5) is 5.00 Å². The summed E-state index contributed by atoms with van der Waals surface area (Å²) in [5.74, 6) is -0.700. The van der Waals surface area contributed by atoms with Gasteiger partial charge in [0.15, 0.2) is 5.76 Å². The van der Waals surface area contributed by atoms with E-state index in [4.69, 9.17) is 19.6 Å². The van der Waals surface area contributed by atoms with E-state index in [1.54, 1.807) is 13.0 Å². The van der Waals surface area contributed by atoms with Gasteiger partial charge in [-0.1, -0.05) is 13.0 Å². The van der Waals surface area contributed by atoms with E-state index in [2.05, 4.69) is 5.32 Å². The van der Waals surface area contributed by atoms with Crippen LogP contribution in [-0.4, -0.2) is 24.4 Å². The molecule has 0 spiro atoms. The lowest BCUT2D eigenvalue weighted by molar-refractivity contribution is 0.0506. The van der Waals surface area contributed by atoms with Crippen LogP contribution in [0.3, 0.4) is 0 Å². The van der Waals surface area contributed by atoms with E-state index in [0.29, 0.717) is 23.5 Å². The van der Waals surface area contributed by atoms with Crippen LogP contribution in [0.2, 0.25) is 0 Å². The molecule has 3 N–H and O–H groups in total. The lowest BCUT2D eigenvalue weighted by Crippen LogP contribution is -2.15. The number of esters is 1. The van der Waals surface area contributed by atoms with Gasteiger partial charge in [-0.05, 0) is 68.1 Å². The van der Waals surface area contributed by atoms with Crippen molar-refractivity contribution in [2.24, 2.45) is 5.73 Å². The van der Waals surface area contributed by atoms with Gasteiger partial charge in [-0.25, -0.2) is 4.79 Å². The zero-order chi connectivity index (χ0) is 24.1. The quantitative estimate of drug-likeness (QED) is 0.435. The largest absolute Gasteiger partial charge is 0.486 e. The highest BCUT2D eigenvalue weighted by Gasteiger charge is 2.26. The Hall–Kier alpha value is -3.59. The van der Waals surface area contributed by atoms with Gasteiger partial charge >= 0.3 is 5.97 Å². The molecule has 0 bridgehead atoms. The van der Waals surface area contributed by atoms with E-state index < -0.39 is 17.8 Å². The monoisotopic (exact) mass is 470 g/mol. The zero-order valence-electron chi connectivity index (χ0n) is 18.9. The number of rotatable bonds is 9. The molecule has 0 unspecified atom stereocenters. The third-order valence-corrected chi connectivity index (χ3v) is 6.21. The Morgan fingerprint density at radius 2 is 1.85 bits per heavy atom. The Balaban J connectivity index is 1.74. The number of hydrogen-bond acceptors (Lipinski definition) is 7. The first kappa shape index (κ1) is 24.1. The smallest absolute Gasteiger partial charge is 0.341 e. The molecule has 2 heterocycles. The Kier molecular flexibility index (Phi) is 7.55. The summed E-state index contributed by atoms with van der Waals surface area (Å²) >= 11 is 0.922. The summed E-state index contributed by atoms with van der Waals surface area (Å²) < 4.78 is 16.5. The number of thiophene rings is 1. The van der Waals surface area contributed by atoms with Gasteiger partial charge in [0, 0.05) is 0 Å². The maximum atomic E-state index is 12.8. The molecule has 2 aromatic heterocycles. The van der Waals surface area contributed by atoms with Crippen LogP contribution >= 0.6 is 11.3 Å². The van der Waals surface area contributed by atoms with Crippen molar-refractivity contribution in [3.05, 3.63) is 69.0 Å². The number of carbonyl (C=O) groups excluding carboxylic acids is 3. The number of carbonyl (C=O) groups is 3. The van der Waals surface area contributed by atoms with Crippen LogP contribution in [0, 0.1) is 20.8 Å². The molecular weight excluding hydrogens is 444 g/mol. The summed E-state index contributed by atoms with van der Waals surface area (Å²) in [6.45, 7) is 7.84. The fourth-order valence-corrected chi connectivity index (χ4v) is 4.09. The van der Waals surface area contributed by atoms with Gasteiger partial charge in [-0.2, -0.15) is 0 Å². The summed E-state index contributed by atoms with van der Waals surface area (Å²) in [6, 6.07) is 8.92. The second-order valence-corrected chi connectivity index (χ2v) is 8.54. The summed E-state index contributed by atoms with van der Waals surface area (Å²) in [5.41, 5.74) is 8.17. The predicted octanol–water partition coefficient (Wildman–Crippen LogP) is 4.76. The maximum absolute atomic E-state index is 12.8. The maximum Gasteiger partial charge on any atom is 0.341 e. The molecule has 174 valence electrons. The number of aryl methyl sites for hydroxylation is 2. The number of amides is 2. The summed E-state index contributed by atoms with van der Waals surface area (Å²) in [5, 5.41) is 2.82. The molecular formula is C24H26N2O6S. The molecule has 0 atom stereocenters. The fraction of sp³-hybridized carbons (Fsp3) is 0.292. The summed E-state index contributed by atoms with van der Waals surface area (Å²) in [4.78, 5) is 37.2. The molecule has 0 saturated heterocycles. The van der Waals surface area contributed by atoms with Crippen molar-refractivity contribution in [1.29, 1.82) is 0 Å². The van der Waals surface area contributed by atoms with Crippen LogP contribution in [0.1, 0.15) is 66.4 Å². The third-order valence-electron chi connectivity index (χ3n) is 4.98. The van der Waals surface area contributed by atoms with Gasteiger partial charge in [-0.3, -0.25) is 9.59 Å². The van der Waals surface area contributed by atoms with Gasteiger partial charge in [-0.15, -0.1) is 11.3 Å². The molecule has 0 aliphatic heterocycles. The van der Waals surface area contributed by atoms with Crippen LogP contribution in [-0.2, 0) is 11.3 Å². The Morgan fingerprint density at radius 1 is 1.09 bits per heavy atom. The van der Waals surface area contributed by atoms with Crippen molar-refractivity contribution in [3.8, 4) is 5.75 Å². The van der Waals surface area contributed by atoms with E-state index in [-0.39, 0.29) is 34.4 Å². The minimum Gasteiger partial charge on any atom is -0.486 e. The van der Waals surface area contributed by atoms with Crippen LogP contribution in [0.15, 0.2) is 34.7 Å². The van der Waals surface area contributed by atoms with Crippen molar-refractivity contribution >= 4 is 34.1 Å². The number of nitrogens with one attached hydrogen (secondary N) is 1. The van der Waals surface area contributed by atoms with E-state index in [0.717, 1.165) is 16.9 Å². The number of nitrogens with two attached hydrogens (primary N) is 1. The van der Waals surface area contributed by atoms with E-state index in [9.17, 15) is 14.4 Å². The van der Waals surface area contributed by atoms with Crippen LogP contribution in [0.25, 0.3) is 0 Å². The molecule has 0 aliphatic rings. The van der Waals surface area contributed by atoms with Gasteiger partial charge in [0.1, 0.15) is 23.1 Å². The summed E-state index contributed by atoms with van der Waals surface area (Å²) in [7, 11) is 0. The van der Waals surface area contributed by atoms with Crippen molar-refractivity contribution < 1.29 is 28.3 Å². The fourth-order valence-electron chi connectivity index (χ4n) is 3.05. The number of benzene rings is 1. The molecule has 8 nitrogen and oxygen atoms in total. The molecule has 0 radical (unpaired) electrons. The second-order valence-electron chi connectivity index (χ2n) is 7.52. The molecule has 1 aromatic carbocycles. The standard InChI is InChI=1S/C24H26N2O6S/c1-5-10-30-24(29)19-15(4)20(21(25)27)33-23(19)26-22(28)18-9-8-17(32-18)12-31-16-7-6-13(2)14(3)11-16/h6-9,11H,5,10,12H2,1-4H3,(H2,25,27)(H,26,28). The number of anilines is 1. The number of hydrogen-bond donors (Lipinski definition) is 2. The highest BCUT2D eigenvalue weighted by Crippen LogP contribution is 2.34. The molecule has 0 fully saturated rings. The lowest BCUT2D eigenvalue weighted by Gasteiger charge is -2.07. The predicted molar refractivity (Wildman–Crippen MR) is 125 cm³/mol. The molecule has 0 saturated carbocycles. The van der Waals surface area contributed by atoms with Gasteiger partial charge in [0.25, 0.3) is 11.8 Å². The molecule has 3 aromatic rings. The summed E-state index contributed by atoms with van der Waals surface area (Å²) in [6.07, 6.45) is 0.638. The van der Waals surface area contributed by atoms with Crippen molar-refractivity contribution in [2.45, 2.75) is 40.7 Å². The topological polar surface area (TPSA) is 121 Å². The first-order chi connectivity index (χ1) is 15.7. The zero-order valence-corrected chi connectivity index (χ0v) is 19.8. The van der Waals surface area contributed by atoms with Crippen molar-refractivity contribution in [2.75, 3.05) is 11.9 Å². The van der Waals surface area contributed by atoms with E-state index >= 15 is 0 Å². The minimum absolute atomic E-state index is 0.0354. The number of ether oxygens (including phenoxy) is 2. The van der Waals surface area contributed by atoms with Crippen LogP contribution in [0.5, 0.6) is 5.75 Å². The lowest BCUT2D eigenvalue weighted by atomic mass is 10.1. The molecule has 9 heteroatoms. The third kappa shape index (κ3) is 5.61. The first-order valence-electron chi connectivity index (χ1n) is 10.4. The minimum atomic E-state index is -0.689. The Labute approximate surface area is 195 Å². The normalized spacial score (nSPS) is 10.7. The molecule has 3 rings (SSSR count). The van der Waals surface area contributed by atoms with Crippen molar-refractivity contribution in [3.63, 3.8) is 0 Å². The molecule has 0 aliphatic carbocycles. The molecule has 2 amide bonds. The van der Waals surface area contributed by atoms with E-state index in [1.807, 2.05) is 39.0 Å². The second kappa shape index (κ2) is 10.4. The first-order valence-corrected chi connectivity index (χ1v) is 11.2. The number of primary amides is 1. The Bertz CT molecular complexity index is 1190. The van der Waals surface area contributed by atoms with Gasteiger partial charge in [0.05, 0.1) is 17.0 Å². The highest BCUT2D eigenvalue weighted by atomic mass is 32.1. The van der Waals surface area contributed by atoms with Crippen molar-refractivity contribution in [1.82, 2.24) is 0 Å². The van der Waals surface area contributed by atoms with Gasteiger partial charge in [0.2, 0.25) is 0 Å². The van der Waals surface area contributed by atoms with E-state index in [1.165, 1.54) is 11.6 Å². The highest BCUT2D eigenvalue weighted by molar-refractivity contribution is 7.18. The number of furan rings is 1. The average molecular weight is 471 g/mol. The average Bonchev–Trinajstić information content (AvgIpc) is 3.37. The SMILES string of the molecule is CCCOC(=O)c1c(NC(=O)c2ccc(COc3ccc(C)c(C)c3)o2)sc(C(N)=O)c1C. The molecule has 33 heavy (non-hydrogen) atoms.